The number of benzene rings is 2. The highest BCUT2D eigenvalue weighted by molar-refractivity contribution is 6.07. The molecule has 2 aromatic rings. The minimum atomic E-state index is -0.687. The third kappa shape index (κ3) is 3.09. The molecule has 6 rings (SSSR count). The van der Waals surface area contributed by atoms with Crippen molar-refractivity contribution in [2.75, 3.05) is 6.79 Å². The topological polar surface area (TPSA) is 52.6 Å². The maximum atomic E-state index is 14.2. The minimum absolute atomic E-state index is 0.00561. The van der Waals surface area contributed by atoms with Crippen LogP contribution in [0.1, 0.15) is 71.1 Å². The molecule has 0 radical (unpaired) electrons. The van der Waals surface area contributed by atoms with E-state index in [0.717, 1.165) is 47.5 Å². The molecule has 0 N–H and O–H groups in total. The number of carbonyl (C=O) groups excluding carboxylic acids is 2. The van der Waals surface area contributed by atoms with Gasteiger partial charge in [0.2, 0.25) is 6.79 Å². The Balaban J connectivity index is 1.56. The molecule has 1 saturated carbocycles. The lowest BCUT2D eigenvalue weighted by molar-refractivity contribution is -0.154. The molecule has 38 heavy (non-hydrogen) atoms. The van der Waals surface area contributed by atoms with Gasteiger partial charge in [-0.05, 0) is 115 Å². The van der Waals surface area contributed by atoms with E-state index in [0.29, 0.717) is 0 Å². The van der Waals surface area contributed by atoms with Crippen molar-refractivity contribution in [2.45, 2.75) is 67.7 Å². The lowest BCUT2D eigenvalue weighted by Crippen LogP contribution is -2.60. The second-order valence-electron chi connectivity index (χ2n) is 13.1. The van der Waals surface area contributed by atoms with Gasteiger partial charge in [-0.1, -0.05) is 51.1 Å². The van der Waals surface area contributed by atoms with Gasteiger partial charge in [-0.2, -0.15) is 0 Å². The van der Waals surface area contributed by atoms with Gasteiger partial charge in [0.05, 0.1) is 11.3 Å². The molecule has 3 aliphatic carbocycles. The molecular formula is C34H38O4. The van der Waals surface area contributed by atoms with E-state index in [1.165, 1.54) is 27.8 Å². The van der Waals surface area contributed by atoms with Crippen LogP contribution in [0.3, 0.4) is 0 Å². The van der Waals surface area contributed by atoms with Crippen molar-refractivity contribution in [1.29, 1.82) is 0 Å². The molecule has 2 aromatic carbocycles. The van der Waals surface area contributed by atoms with Crippen LogP contribution in [0.2, 0.25) is 0 Å². The number of carbonyl (C=O) groups is 2. The van der Waals surface area contributed by atoms with E-state index in [1.807, 2.05) is 6.07 Å². The Morgan fingerprint density at radius 2 is 1.76 bits per heavy atom. The zero-order chi connectivity index (χ0) is 27.4. The van der Waals surface area contributed by atoms with Gasteiger partial charge in [0.25, 0.3) is 0 Å². The van der Waals surface area contributed by atoms with Crippen LogP contribution >= 0.6 is 0 Å². The van der Waals surface area contributed by atoms with Crippen molar-refractivity contribution >= 4 is 17.1 Å². The Morgan fingerprint density at radius 1 is 1.05 bits per heavy atom. The lowest BCUT2D eigenvalue weighted by Gasteiger charge is -2.62. The number of hydrogen-bond donors (Lipinski definition) is 0. The first-order valence-corrected chi connectivity index (χ1v) is 13.8. The second-order valence-corrected chi connectivity index (χ2v) is 13.1. The van der Waals surface area contributed by atoms with Crippen LogP contribution in [-0.2, 0) is 16.0 Å². The number of ether oxygens (including phenoxy) is 2. The zero-order valence-corrected chi connectivity index (χ0v) is 23.7. The summed E-state index contributed by atoms with van der Waals surface area (Å²) >= 11 is 0. The molecule has 0 spiro atoms. The standard InChI is InChI=1S/C34H38O4/c1-18-9-11-24(23-10-12-26-27(13-23)38-17-37-26)25-15-32(6)16-33(7)14-19(2)29(22(5)35)31(36)34(33,8)21(4)30(32)20(3)28(18)25/h9-13,19,29H,3,14-17H2,1-2,4-8H3/t19?,29?,32-,33+,34+/m1/s1. The summed E-state index contributed by atoms with van der Waals surface area (Å²) in [4.78, 5) is 26.8. The summed E-state index contributed by atoms with van der Waals surface area (Å²) in [5, 5.41) is 0. The first-order valence-electron chi connectivity index (χ1n) is 13.8. The molecule has 1 heterocycles. The molecule has 0 amide bonds. The molecule has 0 saturated heterocycles. The van der Waals surface area contributed by atoms with Gasteiger partial charge in [0.1, 0.15) is 5.78 Å². The smallest absolute Gasteiger partial charge is 0.231 e. The highest BCUT2D eigenvalue weighted by Crippen LogP contribution is 2.68. The van der Waals surface area contributed by atoms with E-state index in [9.17, 15) is 9.59 Å². The summed E-state index contributed by atoms with van der Waals surface area (Å²) < 4.78 is 11.3. The van der Waals surface area contributed by atoms with Crippen LogP contribution in [0.25, 0.3) is 16.7 Å². The summed E-state index contributed by atoms with van der Waals surface area (Å²) in [7, 11) is 0. The second kappa shape index (κ2) is 7.94. The molecule has 0 aromatic heterocycles. The van der Waals surface area contributed by atoms with Gasteiger partial charge in [-0.3, -0.25) is 9.59 Å². The van der Waals surface area contributed by atoms with Crippen molar-refractivity contribution in [3.05, 3.63) is 64.7 Å². The van der Waals surface area contributed by atoms with Crippen molar-refractivity contribution in [1.82, 2.24) is 0 Å². The number of fused-ring (bicyclic) bond motifs is 4. The van der Waals surface area contributed by atoms with E-state index < -0.39 is 11.3 Å². The van der Waals surface area contributed by atoms with Crippen LogP contribution < -0.4 is 9.47 Å². The Labute approximate surface area is 226 Å². The largest absolute Gasteiger partial charge is 0.454 e. The predicted molar refractivity (Wildman–Crippen MR) is 150 cm³/mol. The van der Waals surface area contributed by atoms with E-state index in [4.69, 9.17) is 16.1 Å². The molecule has 1 fully saturated rings. The third-order valence-corrected chi connectivity index (χ3v) is 10.6. The van der Waals surface area contributed by atoms with Crippen LogP contribution in [0.4, 0.5) is 0 Å². The average molecular weight is 511 g/mol. The van der Waals surface area contributed by atoms with Gasteiger partial charge in [-0.25, -0.2) is 0 Å². The predicted octanol–water partition coefficient (Wildman–Crippen LogP) is 7.51. The highest BCUT2D eigenvalue weighted by Gasteiger charge is 2.64. The van der Waals surface area contributed by atoms with Crippen molar-refractivity contribution < 1.29 is 19.1 Å². The van der Waals surface area contributed by atoms with Gasteiger partial charge in [0.15, 0.2) is 17.3 Å². The summed E-state index contributed by atoms with van der Waals surface area (Å²) in [6.07, 6.45) is 2.63. The van der Waals surface area contributed by atoms with E-state index in [-0.39, 0.29) is 35.1 Å². The monoisotopic (exact) mass is 510 g/mol. The van der Waals surface area contributed by atoms with Gasteiger partial charge in [-0.15, -0.1) is 0 Å². The molecular weight excluding hydrogens is 472 g/mol. The summed E-state index contributed by atoms with van der Waals surface area (Å²) in [6.45, 7) is 19.7. The van der Waals surface area contributed by atoms with Crippen molar-refractivity contribution in [3.63, 3.8) is 0 Å². The van der Waals surface area contributed by atoms with Gasteiger partial charge < -0.3 is 9.47 Å². The Kier molecular flexibility index (Phi) is 5.26. The van der Waals surface area contributed by atoms with E-state index in [1.54, 1.807) is 6.92 Å². The number of aryl methyl sites for hydroxylation is 1. The SMILES string of the molecule is C=C1C2=C(C)[C@@]3(C)C(=O)C(C(C)=O)C(C)C[C@@]3(C)C[C@@]2(C)Cc2c(-c3ccc4c(c3)OCO4)ccc(C)c21. The van der Waals surface area contributed by atoms with E-state index >= 15 is 0 Å². The number of ketones is 2. The number of Topliss-reactive ketones (excluding diaryl/α,β-unsaturated/α-hetero) is 2. The van der Waals surface area contributed by atoms with Gasteiger partial charge >= 0.3 is 0 Å². The Bertz CT molecular complexity index is 1480. The van der Waals surface area contributed by atoms with Crippen LogP contribution in [0, 0.1) is 35.0 Å². The quantitative estimate of drug-likeness (QED) is 0.392. The Hall–Kier alpha value is -3.14. The normalized spacial score (nSPS) is 33.6. The number of rotatable bonds is 2. The molecule has 2 unspecified atom stereocenters. The summed E-state index contributed by atoms with van der Waals surface area (Å²) in [5.74, 6) is 1.17. The molecule has 4 aliphatic rings. The number of hydrogen-bond acceptors (Lipinski definition) is 4. The molecule has 198 valence electrons. The first-order chi connectivity index (χ1) is 17.8. The lowest BCUT2D eigenvalue weighted by atomic mass is 9.40. The number of allylic oxidation sites excluding steroid dienone is 3. The minimum Gasteiger partial charge on any atom is -0.454 e. The molecule has 0 bridgehead atoms. The highest BCUT2D eigenvalue weighted by atomic mass is 16.7. The fourth-order valence-electron chi connectivity index (χ4n) is 8.98. The molecule has 1 aliphatic heterocycles. The summed E-state index contributed by atoms with van der Waals surface area (Å²) in [5.41, 5.74) is 8.30. The zero-order valence-electron chi connectivity index (χ0n) is 23.7. The van der Waals surface area contributed by atoms with Crippen LogP contribution in [-0.4, -0.2) is 18.4 Å². The summed E-state index contributed by atoms with van der Waals surface area (Å²) in [6, 6.07) is 10.6. The Morgan fingerprint density at radius 3 is 2.47 bits per heavy atom. The maximum Gasteiger partial charge on any atom is 0.231 e. The molecule has 5 atom stereocenters. The fourth-order valence-corrected chi connectivity index (χ4v) is 8.98. The fraction of sp³-hybridized carbons (Fsp3) is 0.471. The molecule has 4 nitrogen and oxygen atoms in total. The van der Waals surface area contributed by atoms with Crippen LogP contribution in [0.5, 0.6) is 11.5 Å². The average Bonchev–Trinajstić information content (AvgIpc) is 3.29. The van der Waals surface area contributed by atoms with Crippen LogP contribution in [0.15, 0.2) is 48.1 Å². The maximum absolute atomic E-state index is 14.2. The van der Waals surface area contributed by atoms with Crippen molar-refractivity contribution in [3.8, 4) is 22.6 Å². The van der Waals surface area contributed by atoms with Gasteiger partial charge in [0, 0.05) is 0 Å². The third-order valence-electron chi connectivity index (χ3n) is 10.6. The molecule has 4 heteroatoms. The van der Waals surface area contributed by atoms with Crippen molar-refractivity contribution in [2.24, 2.45) is 28.1 Å². The first kappa shape index (κ1) is 25.2. The van der Waals surface area contributed by atoms with E-state index in [2.05, 4.69) is 65.8 Å².